The van der Waals surface area contributed by atoms with Crippen molar-refractivity contribution in [2.45, 2.75) is 44.0 Å². The van der Waals surface area contributed by atoms with Crippen LogP contribution in [-0.2, 0) is 9.59 Å². The van der Waals surface area contributed by atoms with Gasteiger partial charge in [0.05, 0.1) is 16.6 Å². The first-order chi connectivity index (χ1) is 16.2. The molecular formula is C23H23F2N5O3S. The number of nitrogens with one attached hydrogen (secondary N) is 3. The molecule has 0 aliphatic carbocycles. The normalized spacial score (nSPS) is 11.7. The van der Waals surface area contributed by atoms with E-state index in [1.165, 1.54) is 0 Å². The van der Waals surface area contributed by atoms with Gasteiger partial charge in [0.25, 0.3) is 5.56 Å². The molecule has 0 spiro atoms. The average Bonchev–Trinajstić information content (AvgIpc) is 2.81. The molecule has 3 N–H and O–H groups in total. The van der Waals surface area contributed by atoms with Gasteiger partial charge in [0.1, 0.15) is 11.6 Å². The van der Waals surface area contributed by atoms with Gasteiger partial charge in [-0.3, -0.25) is 19.4 Å². The van der Waals surface area contributed by atoms with E-state index >= 15 is 0 Å². The minimum Gasteiger partial charge on any atom is -0.325 e. The highest BCUT2D eigenvalue weighted by atomic mass is 32.2. The maximum atomic E-state index is 13.9. The van der Waals surface area contributed by atoms with Crippen molar-refractivity contribution in [3.8, 4) is 11.3 Å². The first-order valence-electron chi connectivity index (χ1n) is 10.5. The zero-order chi connectivity index (χ0) is 24.8. The Morgan fingerprint density at radius 1 is 1.06 bits per heavy atom. The molecule has 178 valence electrons. The highest BCUT2D eigenvalue weighted by Crippen LogP contribution is 2.27. The van der Waals surface area contributed by atoms with Crippen molar-refractivity contribution >= 4 is 35.0 Å². The molecule has 0 fully saturated rings. The van der Waals surface area contributed by atoms with Crippen molar-refractivity contribution in [1.82, 2.24) is 15.2 Å². The summed E-state index contributed by atoms with van der Waals surface area (Å²) < 4.78 is 27.3. The van der Waals surface area contributed by atoms with E-state index in [1.807, 2.05) is 6.92 Å². The van der Waals surface area contributed by atoms with E-state index in [1.54, 1.807) is 32.0 Å². The molecule has 34 heavy (non-hydrogen) atoms. The Morgan fingerprint density at radius 2 is 1.82 bits per heavy atom. The van der Waals surface area contributed by atoms with Crippen LogP contribution in [0.5, 0.6) is 0 Å². The van der Waals surface area contributed by atoms with E-state index in [0.717, 1.165) is 35.5 Å². The van der Waals surface area contributed by atoms with Crippen LogP contribution in [0.25, 0.3) is 11.3 Å². The lowest BCUT2D eigenvalue weighted by Crippen LogP contribution is -2.26. The standard InChI is InChI=1S/C23H23F2N5O3S/c1-4-18(21(32)27-17-11-13(24)7-8-15(17)25)34-23-28-22(33)20(29-30-23)14-10-12(3)6-9-16(14)26-19(31)5-2/h6-11,18H,4-5H2,1-3H3,(H,26,31)(H,27,32)(H,28,30,33). The Labute approximate surface area is 198 Å². The van der Waals surface area contributed by atoms with Crippen molar-refractivity contribution < 1.29 is 18.4 Å². The van der Waals surface area contributed by atoms with Crippen LogP contribution in [0.4, 0.5) is 20.2 Å². The van der Waals surface area contributed by atoms with Gasteiger partial charge in [0.2, 0.25) is 11.8 Å². The largest absolute Gasteiger partial charge is 0.325 e. The molecule has 0 saturated heterocycles. The quantitative estimate of drug-likeness (QED) is 0.409. The number of aromatic nitrogens is 3. The van der Waals surface area contributed by atoms with E-state index in [9.17, 15) is 23.2 Å². The van der Waals surface area contributed by atoms with Gasteiger partial charge in [0, 0.05) is 18.1 Å². The highest BCUT2D eigenvalue weighted by molar-refractivity contribution is 8.00. The fourth-order valence-electron chi connectivity index (χ4n) is 3.02. The number of carbonyl (C=O) groups excluding carboxylic acids is 2. The summed E-state index contributed by atoms with van der Waals surface area (Å²) in [4.78, 5) is 39.9. The molecule has 0 saturated carbocycles. The summed E-state index contributed by atoms with van der Waals surface area (Å²) in [6.45, 7) is 5.28. The maximum Gasteiger partial charge on any atom is 0.278 e. The summed E-state index contributed by atoms with van der Waals surface area (Å²) in [5, 5.41) is 12.5. The fourth-order valence-corrected chi connectivity index (χ4v) is 3.86. The molecule has 0 aliphatic heterocycles. The number of H-pyrrole nitrogens is 1. The highest BCUT2D eigenvalue weighted by Gasteiger charge is 2.22. The topological polar surface area (TPSA) is 117 Å². The lowest BCUT2D eigenvalue weighted by molar-refractivity contribution is -0.116. The number of hydrogen-bond acceptors (Lipinski definition) is 6. The number of benzene rings is 2. The smallest absolute Gasteiger partial charge is 0.278 e. The predicted octanol–water partition coefficient (Wildman–Crippen LogP) is 4.28. The first-order valence-corrected chi connectivity index (χ1v) is 11.4. The van der Waals surface area contributed by atoms with E-state index in [4.69, 9.17) is 0 Å². The van der Waals surface area contributed by atoms with Crippen molar-refractivity contribution in [3.05, 3.63) is 63.9 Å². The summed E-state index contributed by atoms with van der Waals surface area (Å²) >= 11 is 0.939. The number of aryl methyl sites for hydroxylation is 1. The first kappa shape index (κ1) is 25.0. The van der Waals surface area contributed by atoms with Crippen LogP contribution in [0, 0.1) is 18.6 Å². The van der Waals surface area contributed by atoms with Crippen LogP contribution < -0.4 is 16.2 Å². The second kappa shape index (κ2) is 11.0. The molecule has 3 rings (SSSR count). The van der Waals surface area contributed by atoms with Gasteiger partial charge in [-0.25, -0.2) is 8.78 Å². The third-order valence-corrected chi connectivity index (χ3v) is 6.04. The Bertz CT molecular complexity index is 1280. The van der Waals surface area contributed by atoms with E-state index in [0.29, 0.717) is 17.7 Å². The zero-order valence-electron chi connectivity index (χ0n) is 18.7. The Kier molecular flexibility index (Phi) is 8.11. The number of halogens is 2. The molecule has 1 aromatic heterocycles. The van der Waals surface area contributed by atoms with Gasteiger partial charge in [-0.15, -0.1) is 10.2 Å². The number of anilines is 2. The SMILES string of the molecule is CCC(=O)Nc1ccc(C)cc1-c1nnc(SC(CC)C(=O)Nc2cc(F)ccc2F)[nH]c1=O. The molecule has 3 aromatic rings. The van der Waals surface area contributed by atoms with Crippen molar-refractivity contribution in [3.63, 3.8) is 0 Å². The average molecular weight is 488 g/mol. The number of amides is 2. The van der Waals surface area contributed by atoms with Crippen LogP contribution in [-0.4, -0.2) is 32.2 Å². The number of carbonyl (C=O) groups is 2. The second-order valence-electron chi connectivity index (χ2n) is 7.39. The lowest BCUT2D eigenvalue weighted by Gasteiger charge is -2.15. The zero-order valence-corrected chi connectivity index (χ0v) is 19.6. The third-order valence-electron chi connectivity index (χ3n) is 4.81. The van der Waals surface area contributed by atoms with Crippen LogP contribution in [0.15, 0.2) is 46.3 Å². The van der Waals surface area contributed by atoms with Gasteiger partial charge < -0.3 is 10.6 Å². The number of rotatable bonds is 8. The Balaban J connectivity index is 1.83. The minimum absolute atomic E-state index is 0.0128. The summed E-state index contributed by atoms with van der Waals surface area (Å²) in [5.41, 5.74) is 0.885. The molecule has 2 amide bonds. The Morgan fingerprint density at radius 3 is 2.50 bits per heavy atom. The molecule has 0 bridgehead atoms. The Hall–Kier alpha value is -3.60. The monoisotopic (exact) mass is 487 g/mol. The summed E-state index contributed by atoms with van der Waals surface area (Å²) in [6, 6.07) is 7.96. The van der Waals surface area contributed by atoms with E-state index in [2.05, 4.69) is 25.8 Å². The molecule has 1 atom stereocenters. The lowest BCUT2D eigenvalue weighted by atomic mass is 10.1. The molecule has 8 nitrogen and oxygen atoms in total. The van der Waals surface area contributed by atoms with Crippen LogP contribution in [0.1, 0.15) is 32.3 Å². The molecule has 1 heterocycles. The molecule has 0 radical (unpaired) electrons. The molecular weight excluding hydrogens is 464 g/mol. The van der Waals surface area contributed by atoms with Gasteiger partial charge in [-0.05, 0) is 37.6 Å². The van der Waals surface area contributed by atoms with Gasteiger partial charge in [0.15, 0.2) is 10.9 Å². The number of thioether (sulfide) groups is 1. The number of nitrogens with zero attached hydrogens (tertiary/aromatic N) is 2. The van der Waals surface area contributed by atoms with Crippen LogP contribution in [0.2, 0.25) is 0 Å². The number of hydrogen-bond donors (Lipinski definition) is 3. The summed E-state index contributed by atoms with van der Waals surface area (Å²) in [6.07, 6.45) is 0.592. The van der Waals surface area contributed by atoms with Crippen molar-refractivity contribution in [2.75, 3.05) is 10.6 Å². The summed E-state index contributed by atoms with van der Waals surface area (Å²) in [5.74, 6) is -2.25. The maximum absolute atomic E-state index is 13.9. The van der Waals surface area contributed by atoms with Gasteiger partial charge in [-0.1, -0.05) is 37.2 Å². The summed E-state index contributed by atoms with van der Waals surface area (Å²) in [7, 11) is 0. The third kappa shape index (κ3) is 6.04. The minimum atomic E-state index is -0.767. The van der Waals surface area contributed by atoms with Crippen LogP contribution in [0.3, 0.4) is 0 Å². The molecule has 1 unspecified atom stereocenters. The molecule has 11 heteroatoms. The molecule has 2 aromatic carbocycles. The fraction of sp³-hybridized carbons (Fsp3) is 0.261. The second-order valence-corrected chi connectivity index (χ2v) is 8.58. The van der Waals surface area contributed by atoms with Gasteiger partial charge in [-0.2, -0.15) is 0 Å². The van der Waals surface area contributed by atoms with Gasteiger partial charge >= 0.3 is 0 Å². The van der Waals surface area contributed by atoms with Crippen molar-refractivity contribution in [1.29, 1.82) is 0 Å². The predicted molar refractivity (Wildman–Crippen MR) is 127 cm³/mol. The number of aromatic amines is 1. The van der Waals surface area contributed by atoms with Crippen molar-refractivity contribution in [2.24, 2.45) is 0 Å². The van der Waals surface area contributed by atoms with E-state index < -0.39 is 28.4 Å². The molecule has 0 aliphatic rings. The van der Waals surface area contributed by atoms with E-state index in [-0.39, 0.29) is 28.9 Å². The van der Waals surface area contributed by atoms with Crippen LogP contribution >= 0.6 is 11.8 Å².